The van der Waals surface area contributed by atoms with Gasteiger partial charge in [0.15, 0.2) is 0 Å². The average molecular weight is 290 g/mol. The second-order valence-corrected chi connectivity index (χ2v) is 4.05. The Morgan fingerprint density at radius 2 is 1.00 bits per heavy atom. The molecule has 2 unspecified atom stereocenters. The van der Waals surface area contributed by atoms with Gasteiger partial charge in [-0.05, 0) is 0 Å². The van der Waals surface area contributed by atoms with Gasteiger partial charge in [0.05, 0.1) is 11.9 Å². The lowest BCUT2D eigenvalue weighted by Crippen LogP contribution is -3.02. The molecule has 0 aromatic heterocycles. The number of carbonyl (C=O) groups excluding carboxylic acids is 4. The van der Waals surface area contributed by atoms with Crippen LogP contribution in [0.5, 0.6) is 0 Å². The van der Waals surface area contributed by atoms with E-state index in [0.717, 1.165) is 10.6 Å². The summed E-state index contributed by atoms with van der Waals surface area (Å²) in [6.45, 7) is 0.0888. The SMILES string of the molecule is O=C([O-])CC([NH2+]CC[NH2+]C(CC(=O)[O-])C(=O)[O-])C(=O)[O-]. The van der Waals surface area contributed by atoms with E-state index < -0.39 is 48.8 Å². The minimum Gasteiger partial charge on any atom is -0.550 e. The summed E-state index contributed by atoms with van der Waals surface area (Å²) < 4.78 is 0. The molecule has 0 rings (SSSR count). The summed E-state index contributed by atoms with van der Waals surface area (Å²) in [6.07, 6.45) is -1.49. The number of nitrogens with two attached hydrogens (primary N) is 2. The molecule has 0 aromatic carbocycles. The van der Waals surface area contributed by atoms with Crippen molar-refractivity contribution in [1.82, 2.24) is 0 Å². The van der Waals surface area contributed by atoms with Crippen LogP contribution in [0.2, 0.25) is 0 Å². The highest BCUT2D eigenvalue weighted by Crippen LogP contribution is 1.82. The zero-order valence-electron chi connectivity index (χ0n) is 10.4. The van der Waals surface area contributed by atoms with Crippen LogP contribution in [0.25, 0.3) is 0 Å². The summed E-state index contributed by atoms with van der Waals surface area (Å²) in [4.78, 5) is 41.7. The molecule has 20 heavy (non-hydrogen) atoms. The molecular weight excluding hydrogens is 276 g/mol. The van der Waals surface area contributed by atoms with Crippen molar-refractivity contribution in [2.24, 2.45) is 0 Å². The van der Waals surface area contributed by atoms with Gasteiger partial charge in [0, 0.05) is 24.8 Å². The number of carbonyl (C=O) groups is 4. The van der Waals surface area contributed by atoms with Gasteiger partial charge in [-0.2, -0.15) is 0 Å². The standard InChI is InChI=1S/C10H16N2O8/c13-7(14)3-5(9(17)18)11-1-2-12-6(10(19)20)4-8(15)16/h5-6,11-12H,1-4H2,(H,13,14)(H,15,16)(H,17,18)(H,19,20)/p-2. The minimum absolute atomic E-state index is 0.0444. The molecule has 0 saturated heterocycles. The average Bonchev–Trinajstić information content (AvgIpc) is 2.29. The zero-order chi connectivity index (χ0) is 15.7. The van der Waals surface area contributed by atoms with Gasteiger partial charge >= 0.3 is 0 Å². The number of hydrogen-bond acceptors (Lipinski definition) is 8. The van der Waals surface area contributed by atoms with Crippen LogP contribution in [0.4, 0.5) is 0 Å². The Labute approximate surface area is 113 Å². The summed E-state index contributed by atoms with van der Waals surface area (Å²) in [5, 5.41) is 44.0. The maximum absolute atomic E-state index is 10.6. The smallest absolute Gasteiger partial charge is 0.131 e. The molecule has 0 aliphatic heterocycles. The van der Waals surface area contributed by atoms with Crippen molar-refractivity contribution in [3.8, 4) is 0 Å². The minimum atomic E-state index is -1.58. The van der Waals surface area contributed by atoms with E-state index in [0.29, 0.717) is 0 Å². The van der Waals surface area contributed by atoms with Gasteiger partial charge in [0.25, 0.3) is 0 Å². The van der Waals surface area contributed by atoms with Crippen LogP contribution in [0.1, 0.15) is 12.8 Å². The third-order valence-corrected chi connectivity index (χ3v) is 2.45. The fourth-order valence-electron chi connectivity index (χ4n) is 1.48. The largest absolute Gasteiger partial charge is 0.550 e. The number of hydrogen-bond donors (Lipinski definition) is 2. The first-order valence-electron chi connectivity index (χ1n) is 5.72. The Balaban J connectivity index is 4.13. The highest BCUT2D eigenvalue weighted by Gasteiger charge is 2.16. The summed E-state index contributed by atoms with van der Waals surface area (Å²) in [5.74, 6) is -6.27. The lowest BCUT2D eigenvalue weighted by molar-refractivity contribution is -0.747. The van der Waals surface area contributed by atoms with Gasteiger partial charge < -0.3 is 50.2 Å². The van der Waals surface area contributed by atoms with Crippen molar-refractivity contribution >= 4 is 23.9 Å². The van der Waals surface area contributed by atoms with Crippen molar-refractivity contribution in [1.29, 1.82) is 0 Å². The van der Waals surface area contributed by atoms with Crippen molar-refractivity contribution in [3.63, 3.8) is 0 Å². The molecule has 0 amide bonds. The van der Waals surface area contributed by atoms with Crippen LogP contribution in [-0.2, 0) is 19.2 Å². The van der Waals surface area contributed by atoms with E-state index >= 15 is 0 Å². The fourth-order valence-corrected chi connectivity index (χ4v) is 1.48. The topological polar surface area (TPSA) is 194 Å². The molecule has 0 bridgehead atoms. The predicted molar refractivity (Wildman–Crippen MR) is 50.4 cm³/mol. The molecule has 10 nitrogen and oxygen atoms in total. The van der Waals surface area contributed by atoms with Crippen LogP contribution in [0, 0.1) is 0 Å². The molecule has 0 heterocycles. The maximum atomic E-state index is 10.6. The highest BCUT2D eigenvalue weighted by molar-refractivity contribution is 5.77. The molecule has 0 aliphatic rings. The van der Waals surface area contributed by atoms with E-state index in [-0.39, 0.29) is 13.1 Å². The Bertz CT molecular complexity index is 347. The fraction of sp³-hybridized carbons (Fsp3) is 0.600. The summed E-state index contributed by atoms with van der Waals surface area (Å²) in [5.41, 5.74) is 0. The lowest BCUT2D eigenvalue weighted by Gasteiger charge is -2.19. The molecular formula is C10H14N2O8-2. The van der Waals surface area contributed by atoms with Gasteiger partial charge in [-0.1, -0.05) is 0 Å². The Morgan fingerprint density at radius 1 is 0.700 bits per heavy atom. The van der Waals surface area contributed by atoms with Gasteiger partial charge in [-0.15, -0.1) is 0 Å². The van der Waals surface area contributed by atoms with Crippen molar-refractivity contribution < 1.29 is 50.2 Å². The number of carboxylic acid groups (broad SMARTS) is 4. The third-order valence-electron chi connectivity index (χ3n) is 2.45. The number of rotatable bonds is 11. The first kappa shape index (κ1) is 17.8. The maximum Gasteiger partial charge on any atom is 0.131 e. The van der Waals surface area contributed by atoms with E-state index in [4.69, 9.17) is 0 Å². The molecule has 0 fully saturated rings. The quantitative estimate of drug-likeness (QED) is 0.350. The molecule has 2 atom stereocenters. The second kappa shape index (κ2) is 8.82. The van der Waals surface area contributed by atoms with E-state index in [2.05, 4.69) is 0 Å². The van der Waals surface area contributed by atoms with Crippen LogP contribution in [0.15, 0.2) is 0 Å². The van der Waals surface area contributed by atoms with Gasteiger partial charge in [-0.3, -0.25) is 0 Å². The summed E-state index contributed by atoms with van der Waals surface area (Å²) in [7, 11) is 0. The Kier molecular flexibility index (Phi) is 7.85. The molecule has 4 N–H and O–H groups in total. The second-order valence-electron chi connectivity index (χ2n) is 4.05. The van der Waals surface area contributed by atoms with Crippen LogP contribution in [-0.4, -0.2) is 49.1 Å². The Hall–Kier alpha value is -2.20. The zero-order valence-corrected chi connectivity index (χ0v) is 10.4. The van der Waals surface area contributed by atoms with Gasteiger partial charge in [0.2, 0.25) is 0 Å². The normalized spacial score (nSPS) is 13.4. The highest BCUT2D eigenvalue weighted by atomic mass is 16.4. The molecule has 0 aromatic rings. The molecule has 0 radical (unpaired) electrons. The van der Waals surface area contributed by atoms with Crippen molar-refractivity contribution in [3.05, 3.63) is 0 Å². The first-order valence-corrected chi connectivity index (χ1v) is 5.72. The molecule has 114 valence electrons. The number of aliphatic carboxylic acids is 4. The van der Waals surface area contributed by atoms with E-state index in [1.165, 1.54) is 0 Å². The van der Waals surface area contributed by atoms with Crippen molar-refractivity contribution in [2.75, 3.05) is 13.1 Å². The molecule has 0 saturated carbocycles. The Morgan fingerprint density at radius 3 is 1.20 bits per heavy atom. The molecule has 0 spiro atoms. The van der Waals surface area contributed by atoms with Crippen LogP contribution >= 0.6 is 0 Å². The number of carboxylic acids is 4. The molecule has 10 heteroatoms. The molecule has 0 aliphatic carbocycles. The first-order chi connectivity index (χ1) is 9.23. The lowest BCUT2D eigenvalue weighted by atomic mass is 10.2. The van der Waals surface area contributed by atoms with E-state index in [1.807, 2.05) is 0 Å². The van der Waals surface area contributed by atoms with Crippen molar-refractivity contribution in [2.45, 2.75) is 24.9 Å². The monoisotopic (exact) mass is 290 g/mol. The van der Waals surface area contributed by atoms with E-state index in [1.54, 1.807) is 0 Å². The van der Waals surface area contributed by atoms with Crippen LogP contribution in [0.3, 0.4) is 0 Å². The summed E-state index contributed by atoms with van der Waals surface area (Å²) >= 11 is 0. The van der Waals surface area contributed by atoms with Crippen LogP contribution < -0.4 is 31.1 Å². The van der Waals surface area contributed by atoms with E-state index in [9.17, 15) is 39.6 Å². The number of quaternary nitrogens is 2. The van der Waals surface area contributed by atoms with Gasteiger partial charge in [-0.25, -0.2) is 0 Å². The van der Waals surface area contributed by atoms with Gasteiger partial charge in [0.1, 0.15) is 25.2 Å². The summed E-state index contributed by atoms with van der Waals surface area (Å²) in [6, 6.07) is -2.70. The third kappa shape index (κ3) is 8.00. The predicted octanol–water partition coefficient (Wildman–Crippen LogP) is -9.37.